The lowest BCUT2D eigenvalue weighted by molar-refractivity contribution is -0.111. The topological polar surface area (TPSA) is 143 Å². The van der Waals surface area contributed by atoms with Crippen molar-refractivity contribution in [1.29, 1.82) is 5.41 Å². The summed E-state index contributed by atoms with van der Waals surface area (Å²) in [5, 5.41) is 18.4. The van der Waals surface area contributed by atoms with Gasteiger partial charge in [-0.3, -0.25) is 10.2 Å². The van der Waals surface area contributed by atoms with Gasteiger partial charge in [0.2, 0.25) is 0 Å². The first-order valence-corrected chi connectivity index (χ1v) is 11.2. The lowest BCUT2D eigenvalue weighted by atomic mass is 9.93. The largest absolute Gasteiger partial charge is 0.383 e. The molecule has 5 N–H and O–H groups in total. The Morgan fingerprint density at radius 2 is 1.72 bits per heavy atom. The summed E-state index contributed by atoms with van der Waals surface area (Å²) in [6.45, 7) is 9.91. The number of amides is 1. The summed E-state index contributed by atoms with van der Waals surface area (Å²) in [5.74, 6) is 1.22. The van der Waals surface area contributed by atoms with Gasteiger partial charge in [0.25, 0.3) is 5.91 Å². The number of benzene rings is 2. The number of anilines is 4. The van der Waals surface area contributed by atoms with Gasteiger partial charge in [0.05, 0.1) is 11.3 Å². The number of nitrogens with zero attached hydrogens (tertiary/aromatic N) is 3. The van der Waals surface area contributed by atoms with Crippen LogP contribution in [-0.4, -0.2) is 26.7 Å². The second-order valence-corrected chi connectivity index (χ2v) is 9.18. The molecule has 9 nitrogen and oxygen atoms in total. The first kappa shape index (κ1) is 24.3. The Hall–Kier alpha value is -4.79. The average molecular weight is 482 g/mol. The van der Waals surface area contributed by atoms with Gasteiger partial charge in [-0.25, -0.2) is 9.97 Å². The second-order valence-electron chi connectivity index (χ2n) is 9.18. The van der Waals surface area contributed by atoms with Gasteiger partial charge >= 0.3 is 0 Å². The van der Waals surface area contributed by atoms with E-state index < -0.39 is 0 Å². The van der Waals surface area contributed by atoms with E-state index in [4.69, 9.17) is 15.7 Å². The molecular weight excluding hydrogens is 454 g/mol. The number of nitrogens with one attached hydrogen (secondary N) is 3. The Balaban J connectivity index is 1.48. The van der Waals surface area contributed by atoms with Gasteiger partial charge in [0.1, 0.15) is 23.7 Å². The van der Waals surface area contributed by atoms with Crippen molar-refractivity contribution < 1.29 is 9.32 Å². The normalized spacial score (nSPS) is 11.1. The van der Waals surface area contributed by atoms with Gasteiger partial charge in [-0.2, -0.15) is 0 Å². The zero-order valence-electron chi connectivity index (χ0n) is 20.3. The molecule has 2 aromatic heterocycles. The van der Waals surface area contributed by atoms with Gasteiger partial charge in [0, 0.05) is 28.3 Å². The molecule has 4 aromatic rings. The highest BCUT2D eigenvalue weighted by Crippen LogP contribution is 2.27. The molecule has 4 rings (SSSR count). The van der Waals surface area contributed by atoms with E-state index in [2.05, 4.69) is 32.3 Å². The molecule has 2 heterocycles. The second kappa shape index (κ2) is 9.83. The summed E-state index contributed by atoms with van der Waals surface area (Å²) in [5.41, 5.74) is 8.79. The Kier molecular flexibility index (Phi) is 6.64. The van der Waals surface area contributed by atoms with Crippen LogP contribution in [0.4, 0.5) is 23.1 Å². The van der Waals surface area contributed by atoms with E-state index in [-0.39, 0.29) is 28.4 Å². The fourth-order valence-corrected chi connectivity index (χ4v) is 3.39. The molecule has 0 saturated carbocycles. The zero-order chi connectivity index (χ0) is 25.9. The number of rotatable bonds is 7. The van der Waals surface area contributed by atoms with E-state index in [1.807, 2.05) is 51.1 Å². The van der Waals surface area contributed by atoms with Crippen LogP contribution in [0.15, 0.2) is 78.1 Å². The quantitative estimate of drug-likeness (QED) is 0.211. The minimum Gasteiger partial charge on any atom is -0.383 e. The van der Waals surface area contributed by atoms with E-state index in [0.29, 0.717) is 39.8 Å². The molecule has 0 unspecified atom stereocenters. The van der Waals surface area contributed by atoms with Crippen LogP contribution >= 0.6 is 0 Å². The van der Waals surface area contributed by atoms with Gasteiger partial charge in [-0.1, -0.05) is 75.0 Å². The highest BCUT2D eigenvalue weighted by atomic mass is 16.5. The lowest BCUT2D eigenvalue weighted by Gasteiger charge is -2.14. The predicted molar refractivity (Wildman–Crippen MR) is 141 cm³/mol. The van der Waals surface area contributed by atoms with Gasteiger partial charge in [-0.15, -0.1) is 0 Å². The minimum absolute atomic E-state index is 0.200. The Morgan fingerprint density at radius 3 is 2.36 bits per heavy atom. The van der Waals surface area contributed by atoms with Gasteiger partial charge < -0.3 is 20.9 Å². The van der Waals surface area contributed by atoms with Gasteiger partial charge in [0.15, 0.2) is 5.82 Å². The van der Waals surface area contributed by atoms with E-state index in [9.17, 15) is 4.79 Å². The fourth-order valence-electron chi connectivity index (χ4n) is 3.39. The maximum atomic E-state index is 12.7. The summed E-state index contributed by atoms with van der Waals surface area (Å²) in [4.78, 5) is 21.0. The third-order valence-electron chi connectivity index (χ3n) is 5.45. The monoisotopic (exact) mass is 481 g/mol. The van der Waals surface area contributed by atoms with Crippen molar-refractivity contribution in [3.05, 3.63) is 96.0 Å². The lowest BCUT2D eigenvalue weighted by Crippen LogP contribution is -2.13. The number of nitrogens with two attached hydrogens (primary N) is 1. The Labute approximate surface area is 209 Å². The predicted octanol–water partition coefficient (Wildman–Crippen LogP) is 5.16. The number of carbonyl (C=O) groups excluding carboxylic acids is 1. The van der Waals surface area contributed by atoms with Crippen molar-refractivity contribution in [2.45, 2.75) is 26.2 Å². The Morgan fingerprint density at radius 1 is 1.03 bits per heavy atom. The summed E-state index contributed by atoms with van der Waals surface area (Å²) < 4.78 is 5.31. The van der Waals surface area contributed by atoms with E-state index in [1.54, 1.807) is 30.3 Å². The van der Waals surface area contributed by atoms with Crippen LogP contribution in [-0.2, 0) is 10.2 Å². The molecule has 2 aromatic carbocycles. The summed E-state index contributed by atoms with van der Waals surface area (Å²) in [6.07, 6.45) is 1.34. The standard InChI is InChI=1S/C27H27N7O2/c1-16(26(35)33-21-14-20(36-34-21)27(2,3)4)17-10-12-19(13-11-17)32-25-22(24(29)30-15-31-25)23(28)18-8-6-5-7-9-18/h5-15,28H,1H2,2-4H3,(H,33,34,35)(H3,29,30,31,32). The molecule has 0 bridgehead atoms. The maximum Gasteiger partial charge on any atom is 0.256 e. The first-order chi connectivity index (χ1) is 17.1. The first-order valence-electron chi connectivity index (χ1n) is 11.2. The van der Waals surface area contributed by atoms with E-state index in [0.717, 1.165) is 0 Å². The van der Waals surface area contributed by atoms with Crippen LogP contribution in [0.5, 0.6) is 0 Å². The van der Waals surface area contributed by atoms with Gasteiger partial charge in [-0.05, 0) is 17.7 Å². The van der Waals surface area contributed by atoms with Crippen molar-refractivity contribution in [3.8, 4) is 0 Å². The molecule has 0 atom stereocenters. The number of carbonyl (C=O) groups is 1. The SMILES string of the molecule is C=C(C(=O)Nc1cc(C(C)(C)C)on1)c1ccc(Nc2ncnc(N)c2C(=N)c2ccccc2)cc1. The molecule has 182 valence electrons. The van der Waals surface area contributed by atoms with E-state index >= 15 is 0 Å². The van der Waals surface area contributed by atoms with Crippen LogP contribution in [0.3, 0.4) is 0 Å². The third kappa shape index (κ3) is 5.30. The highest BCUT2D eigenvalue weighted by Gasteiger charge is 2.21. The number of hydrogen-bond donors (Lipinski definition) is 4. The molecule has 0 spiro atoms. The molecule has 0 fully saturated rings. The summed E-state index contributed by atoms with van der Waals surface area (Å²) in [7, 11) is 0. The zero-order valence-corrected chi connectivity index (χ0v) is 20.3. The maximum absolute atomic E-state index is 12.7. The smallest absolute Gasteiger partial charge is 0.256 e. The van der Waals surface area contributed by atoms with Crippen molar-refractivity contribution in [2.24, 2.45) is 0 Å². The highest BCUT2D eigenvalue weighted by molar-refractivity contribution is 6.24. The Bertz CT molecular complexity index is 1420. The molecule has 36 heavy (non-hydrogen) atoms. The number of aromatic nitrogens is 3. The number of hydrogen-bond acceptors (Lipinski definition) is 8. The van der Waals surface area contributed by atoms with Crippen molar-refractivity contribution in [3.63, 3.8) is 0 Å². The van der Waals surface area contributed by atoms with Crippen molar-refractivity contribution >= 4 is 40.3 Å². The van der Waals surface area contributed by atoms with Crippen LogP contribution in [0.2, 0.25) is 0 Å². The van der Waals surface area contributed by atoms with Crippen LogP contribution in [0.25, 0.3) is 5.57 Å². The fraction of sp³-hybridized carbons (Fsp3) is 0.148. The molecule has 1 amide bonds. The average Bonchev–Trinajstić information content (AvgIpc) is 3.33. The summed E-state index contributed by atoms with van der Waals surface area (Å²) in [6, 6.07) is 18.0. The third-order valence-corrected chi connectivity index (χ3v) is 5.45. The molecule has 0 aliphatic carbocycles. The molecule has 9 heteroatoms. The van der Waals surface area contributed by atoms with Crippen molar-refractivity contribution in [1.82, 2.24) is 15.1 Å². The molecule has 0 aliphatic heterocycles. The molecular formula is C27H27N7O2. The minimum atomic E-state index is -0.383. The van der Waals surface area contributed by atoms with Crippen LogP contribution < -0.4 is 16.4 Å². The van der Waals surface area contributed by atoms with Crippen molar-refractivity contribution in [2.75, 3.05) is 16.4 Å². The molecule has 0 saturated heterocycles. The van der Waals surface area contributed by atoms with Crippen LogP contribution in [0.1, 0.15) is 43.2 Å². The molecule has 0 aliphatic rings. The number of nitrogen functional groups attached to an aromatic ring is 1. The molecule has 0 radical (unpaired) electrons. The summed E-state index contributed by atoms with van der Waals surface area (Å²) >= 11 is 0. The van der Waals surface area contributed by atoms with Crippen LogP contribution in [0, 0.1) is 5.41 Å². The van der Waals surface area contributed by atoms with E-state index in [1.165, 1.54) is 6.33 Å².